The van der Waals surface area contributed by atoms with Gasteiger partial charge in [-0.1, -0.05) is 18.2 Å². The lowest BCUT2D eigenvalue weighted by Crippen LogP contribution is -1.96. The Morgan fingerprint density at radius 1 is 1.06 bits per heavy atom. The highest BCUT2D eigenvalue weighted by Gasteiger charge is 2.01. The van der Waals surface area contributed by atoms with Gasteiger partial charge in [-0.15, -0.1) is 0 Å². The molecular formula is C13H14N2O. The van der Waals surface area contributed by atoms with Crippen LogP contribution in [0.3, 0.4) is 0 Å². The van der Waals surface area contributed by atoms with Gasteiger partial charge in [0, 0.05) is 11.8 Å². The molecule has 82 valence electrons. The molecule has 3 heteroatoms. The Morgan fingerprint density at radius 2 is 1.81 bits per heavy atom. The van der Waals surface area contributed by atoms with E-state index in [1.807, 2.05) is 48.5 Å². The van der Waals surface area contributed by atoms with Crippen molar-refractivity contribution in [3.63, 3.8) is 0 Å². The van der Waals surface area contributed by atoms with Gasteiger partial charge in [0.15, 0.2) is 0 Å². The molecule has 2 rings (SSSR count). The largest absolute Gasteiger partial charge is 0.497 e. The van der Waals surface area contributed by atoms with Gasteiger partial charge < -0.3 is 15.8 Å². The minimum absolute atomic E-state index is 0.699. The maximum absolute atomic E-state index is 5.87. The fourth-order valence-corrected chi connectivity index (χ4v) is 1.45. The van der Waals surface area contributed by atoms with Crippen LogP contribution in [0.1, 0.15) is 0 Å². The lowest BCUT2D eigenvalue weighted by Gasteiger charge is -2.10. The van der Waals surface area contributed by atoms with Crippen molar-refractivity contribution in [2.75, 3.05) is 18.2 Å². The molecule has 0 spiro atoms. The normalized spacial score (nSPS) is 9.81. The van der Waals surface area contributed by atoms with Gasteiger partial charge in [0.25, 0.3) is 0 Å². The Labute approximate surface area is 94.9 Å². The number of rotatable bonds is 3. The topological polar surface area (TPSA) is 47.3 Å². The molecule has 0 amide bonds. The third kappa shape index (κ3) is 2.25. The molecule has 0 unspecified atom stereocenters. The monoisotopic (exact) mass is 214 g/mol. The molecule has 0 aromatic heterocycles. The molecule has 0 bridgehead atoms. The van der Waals surface area contributed by atoms with E-state index in [9.17, 15) is 0 Å². The fourth-order valence-electron chi connectivity index (χ4n) is 1.45. The van der Waals surface area contributed by atoms with E-state index in [1.165, 1.54) is 0 Å². The van der Waals surface area contributed by atoms with Crippen LogP contribution in [0.2, 0.25) is 0 Å². The van der Waals surface area contributed by atoms with E-state index in [0.717, 1.165) is 17.1 Å². The van der Waals surface area contributed by atoms with Crippen molar-refractivity contribution >= 4 is 17.1 Å². The lowest BCUT2D eigenvalue weighted by molar-refractivity contribution is 0.415. The van der Waals surface area contributed by atoms with Gasteiger partial charge in [-0.05, 0) is 24.3 Å². The molecule has 0 fully saturated rings. The Bertz CT molecular complexity index is 469. The molecular weight excluding hydrogens is 200 g/mol. The van der Waals surface area contributed by atoms with E-state index in [4.69, 9.17) is 10.5 Å². The van der Waals surface area contributed by atoms with E-state index in [2.05, 4.69) is 5.32 Å². The van der Waals surface area contributed by atoms with Gasteiger partial charge in [-0.2, -0.15) is 0 Å². The number of benzene rings is 2. The predicted molar refractivity (Wildman–Crippen MR) is 67.1 cm³/mol. The minimum atomic E-state index is 0.699. The molecule has 0 radical (unpaired) electrons. The molecule has 16 heavy (non-hydrogen) atoms. The Kier molecular flexibility index (Phi) is 2.96. The zero-order valence-corrected chi connectivity index (χ0v) is 9.10. The van der Waals surface area contributed by atoms with E-state index < -0.39 is 0 Å². The molecule has 2 aromatic carbocycles. The molecule has 0 aliphatic rings. The van der Waals surface area contributed by atoms with Crippen molar-refractivity contribution in [1.29, 1.82) is 0 Å². The van der Waals surface area contributed by atoms with Crippen LogP contribution < -0.4 is 15.8 Å². The summed E-state index contributed by atoms with van der Waals surface area (Å²) in [6.07, 6.45) is 0. The van der Waals surface area contributed by atoms with Gasteiger partial charge in [-0.3, -0.25) is 0 Å². The number of nitrogens with two attached hydrogens (primary N) is 1. The zero-order valence-electron chi connectivity index (χ0n) is 9.10. The highest BCUT2D eigenvalue weighted by atomic mass is 16.5. The summed E-state index contributed by atoms with van der Waals surface area (Å²) >= 11 is 0. The van der Waals surface area contributed by atoms with Crippen molar-refractivity contribution in [3.05, 3.63) is 48.5 Å². The summed E-state index contributed by atoms with van der Waals surface area (Å²) in [6.45, 7) is 0. The minimum Gasteiger partial charge on any atom is -0.497 e. The van der Waals surface area contributed by atoms with Crippen molar-refractivity contribution < 1.29 is 4.74 Å². The third-order valence-corrected chi connectivity index (χ3v) is 2.31. The van der Waals surface area contributed by atoms with Gasteiger partial charge in [0.1, 0.15) is 5.75 Å². The van der Waals surface area contributed by atoms with Crippen molar-refractivity contribution in [2.45, 2.75) is 0 Å². The second-order valence-corrected chi connectivity index (χ2v) is 3.44. The number of methoxy groups -OCH3 is 1. The van der Waals surface area contributed by atoms with Gasteiger partial charge >= 0.3 is 0 Å². The van der Waals surface area contributed by atoms with Gasteiger partial charge in [-0.25, -0.2) is 0 Å². The first kappa shape index (κ1) is 10.4. The Morgan fingerprint density at radius 3 is 2.50 bits per heavy atom. The van der Waals surface area contributed by atoms with E-state index in [1.54, 1.807) is 7.11 Å². The summed E-state index contributed by atoms with van der Waals surface area (Å²) in [5.41, 5.74) is 8.43. The second-order valence-electron chi connectivity index (χ2n) is 3.44. The SMILES string of the molecule is COc1ccc(N)c(Nc2ccccc2)c1. The van der Waals surface area contributed by atoms with Crippen LogP contribution in [0.5, 0.6) is 5.75 Å². The van der Waals surface area contributed by atoms with Crippen LogP contribution in [0.25, 0.3) is 0 Å². The lowest BCUT2D eigenvalue weighted by atomic mass is 10.2. The number of nitrogen functional groups attached to an aromatic ring is 1. The molecule has 0 saturated carbocycles. The quantitative estimate of drug-likeness (QED) is 0.772. The number of nitrogens with one attached hydrogen (secondary N) is 1. The summed E-state index contributed by atoms with van der Waals surface area (Å²) in [4.78, 5) is 0. The second kappa shape index (κ2) is 4.57. The molecule has 0 saturated heterocycles. The molecule has 0 aliphatic heterocycles. The van der Waals surface area contributed by atoms with Crippen LogP contribution in [-0.2, 0) is 0 Å². The van der Waals surface area contributed by atoms with Crippen LogP contribution in [0.15, 0.2) is 48.5 Å². The van der Waals surface area contributed by atoms with Crippen LogP contribution >= 0.6 is 0 Å². The number of para-hydroxylation sites is 1. The van der Waals surface area contributed by atoms with Gasteiger partial charge in [0.2, 0.25) is 0 Å². The van der Waals surface area contributed by atoms with Gasteiger partial charge in [0.05, 0.1) is 18.5 Å². The standard InChI is InChI=1S/C13H14N2O/c1-16-11-7-8-12(14)13(9-11)15-10-5-3-2-4-6-10/h2-9,15H,14H2,1H3. The van der Waals surface area contributed by atoms with Crippen LogP contribution in [0, 0.1) is 0 Å². The molecule has 2 aromatic rings. The molecule has 0 atom stereocenters. The molecule has 3 N–H and O–H groups in total. The average molecular weight is 214 g/mol. The number of hydrogen-bond donors (Lipinski definition) is 2. The summed E-state index contributed by atoms with van der Waals surface area (Å²) in [5.74, 6) is 0.785. The fraction of sp³-hybridized carbons (Fsp3) is 0.0769. The van der Waals surface area contributed by atoms with Crippen LogP contribution in [0.4, 0.5) is 17.1 Å². The average Bonchev–Trinajstić information content (AvgIpc) is 2.33. The molecule has 0 aliphatic carbocycles. The predicted octanol–water partition coefficient (Wildman–Crippen LogP) is 3.02. The molecule has 0 heterocycles. The Balaban J connectivity index is 2.27. The van der Waals surface area contributed by atoms with Crippen molar-refractivity contribution in [1.82, 2.24) is 0 Å². The maximum atomic E-state index is 5.87. The Hall–Kier alpha value is -2.16. The summed E-state index contributed by atoms with van der Waals surface area (Å²) < 4.78 is 5.15. The van der Waals surface area contributed by atoms with E-state index in [0.29, 0.717) is 5.69 Å². The highest BCUT2D eigenvalue weighted by Crippen LogP contribution is 2.27. The van der Waals surface area contributed by atoms with Crippen LogP contribution in [-0.4, -0.2) is 7.11 Å². The zero-order chi connectivity index (χ0) is 11.4. The van der Waals surface area contributed by atoms with Crippen molar-refractivity contribution in [2.24, 2.45) is 0 Å². The first-order chi connectivity index (χ1) is 7.79. The summed E-state index contributed by atoms with van der Waals surface area (Å²) in [5, 5.41) is 3.24. The smallest absolute Gasteiger partial charge is 0.121 e. The van der Waals surface area contributed by atoms with E-state index >= 15 is 0 Å². The van der Waals surface area contributed by atoms with E-state index in [-0.39, 0.29) is 0 Å². The van der Waals surface area contributed by atoms with Crippen molar-refractivity contribution in [3.8, 4) is 5.75 Å². The first-order valence-corrected chi connectivity index (χ1v) is 5.05. The summed E-state index contributed by atoms with van der Waals surface area (Å²) in [6, 6.07) is 15.4. The highest BCUT2D eigenvalue weighted by molar-refractivity contribution is 5.73. The molecule has 3 nitrogen and oxygen atoms in total. The maximum Gasteiger partial charge on any atom is 0.121 e. The number of anilines is 3. The summed E-state index contributed by atoms with van der Waals surface area (Å²) in [7, 11) is 1.64. The number of hydrogen-bond acceptors (Lipinski definition) is 3. The first-order valence-electron chi connectivity index (χ1n) is 5.05. The number of ether oxygens (including phenoxy) is 1. The third-order valence-electron chi connectivity index (χ3n) is 2.31.